The molecule has 1 saturated heterocycles. The molecule has 0 spiro atoms. The number of rotatable bonds is 3. The summed E-state index contributed by atoms with van der Waals surface area (Å²) in [5.41, 5.74) is 6.79. The summed E-state index contributed by atoms with van der Waals surface area (Å²) in [6.07, 6.45) is 2.02. The maximum absolute atomic E-state index is 13.8. The van der Waals surface area contributed by atoms with Crippen molar-refractivity contribution in [3.63, 3.8) is 0 Å². The molecule has 4 nitrogen and oxygen atoms in total. The van der Waals surface area contributed by atoms with Crippen LogP contribution in [0.1, 0.15) is 30.3 Å². The summed E-state index contributed by atoms with van der Waals surface area (Å²) >= 11 is 1.29. The van der Waals surface area contributed by atoms with Crippen molar-refractivity contribution >= 4 is 17.2 Å². The van der Waals surface area contributed by atoms with Gasteiger partial charge in [0.05, 0.1) is 0 Å². The molecule has 0 saturated carbocycles. The molecule has 1 aromatic carbocycles. The van der Waals surface area contributed by atoms with E-state index < -0.39 is 0 Å². The molecular formula is C17H20FN3OS. The number of piperidine rings is 1. The minimum Gasteiger partial charge on any atom is -0.337 e. The van der Waals surface area contributed by atoms with Crippen molar-refractivity contribution < 1.29 is 9.18 Å². The molecule has 2 aromatic rings. The van der Waals surface area contributed by atoms with Gasteiger partial charge in [-0.1, -0.05) is 12.1 Å². The number of aromatic nitrogens is 1. The minimum atomic E-state index is -0.323. The fourth-order valence-corrected chi connectivity index (χ4v) is 3.74. The van der Waals surface area contributed by atoms with E-state index in [1.165, 1.54) is 17.4 Å². The molecule has 0 bridgehead atoms. The van der Waals surface area contributed by atoms with E-state index in [0.29, 0.717) is 28.7 Å². The lowest BCUT2D eigenvalue weighted by atomic mass is 9.92. The number of amides is 1. The van der Waals surface area contributed by atoms with Crippen LogP contribution < -0.4 is 5.73 Å². The molecule has 23 heavy (non-hydrogen) atoms. The number of thiazole rings is 1. The van der Waals surface area contributed by atoms with Crippen LogP contribution >= 0.6 is 11.3 Å². The Morgan fingerprint density at radius 3 is 3.00 bits per heavy atom. The van der Waals surface area contributed by atoms with Crippen LogP contribution in [0.3, 0.4) is 0 Å². The summed E-state index contributed by atoms with van der Waals surface area (Å²) < 4.78 is 13.8. The molecule has 0 aliphatic carbocycles. The van der Waals surface area contributed by atoms with Crippen LogP contribution in [-0.4, -0.2) is 34.9 Å². The van der Waals surface area contributed by atoms with Crippen LogP contribution in [0, 0.1) is 11.7 Å². The molecular weight excluding hydrogens is 313 g/mol. The minimum absolute atomic E-state index is 0.0787. The first-order chi connectivity index (χ1) is 11.1. The lowest BCUT2D eigenvalue weighted by Gasteiger charge is -2.34. The number of carbonyl (C=O) groups excluding carboxylic acids is 1. The third-order valence-electron chi connectivity index (χ3n) is 4.32. The van der Waals surface area contributed by atoms with E-state index in [4.69, 9.17) is 5.73 Å². The summed E-state index contributed by atoms with van der Waals surface area (Å²) in [6, 6.07) is 6.56. The number of halogens is 1. The number of likely N-dealkylation sites (tertiary alicyclic amines) is 1. The predicted octanol–water partition coefficient (Wildman–Crippen LogP) is 3.15. The second-order valence-corrected chi connectivity index (χ2v) is 6.89. The summed E-state index contributed by atoms with van der Waals surface area (Å²) in [5, 5.41) is 2.24. The van der Waals surface area contributed by atoms with Crippen LogP contribution in [-0.2, 0) is 0 Å². The van der Waals surface area contributed by atoms with Gasteiger partial charge in [-0.2, -0.15) is 0 Å². The zero-order chi connectivity index (χ0) is 16.4. The van der Waals surface area contributed by atoms with Crippen molar-refractivity contribution in [1.29, 1.82) is 0 Å². The first kappa shape index (κ1) is 16.1. The molecule has 1 amide bonds. The van der Waals surface area contributed by atoms with Crippen LogP contribution in [0.4, 0.5) is 4.39 Å². The Kier molecular flexibility index (Phi) is 4.73. The lowest BCUT2D eigenvalue weighted by molar-refractivity contribution is 0.0656. The zero-order valence-electron chi connectivity index (χ0n) is 13.0. The first-order valence-electron chi connectivity index (χ1n) is 7.81. The van der Waals surface area contributed by atoms with Gasteiger partial charge in [0.2, 0.25) is 0 Å². The van der Waals surface area contributed by atoms with Crippen LogP contribution in [0.2, 0.25) is 0 Å². The molecule has 3 rings (SSSR count). The molecule has 1 aliphatic rings. The van der Waals surface area contributed by atoms with E-state index in [0.717, 1.165) is 19.4 Å². The predicted molar refractivity (Wildman–Crippen MR) is 89.8 cm³/mol. The van der Waals surface area contributed by atoms with Gasteiger partial charge in [0, 0.05) is 30.1 Å². The third kappa shape index (κ3) is 3.43. The summed E-state index contributed by atoms with van der Waals surface area (Å²) in [6.45, 7) is 3.38. The average Bonchev–Trinajstić information content (AvgIpc) is 3.04. The fourth-order valence-electron chi connectivity index (χ4n) is 2.92. The Morgan fingerprint density at radius 1 is 1.48 bits per heavy atom. The third-order valence-corrected chi connectivity index (χ3v) is 5.19. The molecule has 2 N–H and O–H groups in total. The maximum Gasteiger partial charge on any atom is 0.273 e. The Morgan fingerprint density at radius 2 is 2.26 bits per heavy atom. The van der Waals surface area contributed by atoms with Crippen molar-refractivity contribution in [1.82, 2.24) is 9.88 Å². The molecule has 6 heteroatoms. The van der Waals surface area contributed by atoms with Gasteiger partial charge >= 0.3 is 0 Å². The van der Waals surface area contributed by atoms with Gasteiger partial charge in [-0.15, -0.1) is 11.3 Å². The van der Waals surface area contributed by atoms with Crippen LogP contribution in [0.15, 0.2) is 29.6 Å². The zero-order valence-corrected chi connectivity index (χ0v) is 13.9. The average molecular weight is 333 g/mol. The van der Waals surface area contributed by atoms with E-state index in [2.05, 4.69) is 4.98 Å². The second-order valence-electron chi connectivity index (χ2n) is 6.03. The molecule has 1 fully saturated rings. The maximum atomic E-state index is 13.8. The fraction of sp³-hybridized carbons (Fsp3) is 0.412. The van der Waals surface area contributed by atoms with Gasteiger partial charge in [-0.3, -0.25) is 4.79 Å². The number of nitrogens with two attached hydrogens (primary N) is 1. The quantitative estimate of drug-likeness (QED) is 0.939. The highest BCUT2D eigenvalue weighted by molar-refractivity contribution is 7.13. The second kappa shape index (κ2) is 6.76. The van der Waals surface area contributed by atoms with Crippen molar-refractivity contribution in [3.8, 4) is 10.6 Å². The normalized spacial score (nSPS) is 19.6. The van der Waals surface area contributed by atoms with E-state index in [9.17, 15) is 9.18 Å². The monoisotopic (exact) mass is 333 g/mol. The smallest absolute Gasteiger partial charge is 0.273 e. The van der Waals surface area contributed by atoms with Crippen molar-refractivity contribution in [2.24, 2.45) is 11.7 Å². The summed E-state index contributed by atoms with van der Waals surface area (Å²) in [5.74, 6) is -0.0811. The van der Waals surface area contributed by atoms with Gasteiger partial charge in [-0.05, 0) is 37.8 Å². The first-order valence-corrected chi connectivity index (χ1v) is 8.69. The van der Waals surface area contributed by atoms with Crippen LogP contribution in [0.5, 0.6) is 0 Å². The number of hydrogen-bond acceptors (Lipinski definition) is 4. The summed E-state index contributed by atoms with van der Waals surface area (Å²) in [7, 11) is 0. The van der Waals surface area contributed by atoms with Crippen molar-refractivity contribution in [2.75, 3.05) is 13.1 Å². The van der Waals surface area contributed by atoms with Crippen molar-refractivity contribution in [3.05, 3.63) is 41.2 Å². The topological polar surface area (TPSA) is 59.2 Å². The Hall–Kier alpha value is -1.79. The van der Waals surface area contributed by atoms with Crippen molar-refractivity contribution in [2.45, 2.75) is 25.8 Å². The lowest BCUT2D eigenvalue weighted by Crippen LogP contribution is -2.45. The number of hydrogen-bond donors (Lipinski definition) is 1. The number of benzene rings is 1. The molecule has 2 atom stereocenters. The highest BCUT2D eigenvalue weighted by Gasteiger charge is 2.27. The van der Waals surface area contributed by atoms with Gasteiger partial charge in [0.1, 0.15) is 16.5 Å². The largest absolute Gasteiger partial charge is 0.337 e. The van der Waals surface area contributed by atoms with E-state index in [1.54, 1.807) is 23.6 Å². The van der Waals surface area contributed by atoms with E-state index >= 15 is 0 Å². The highest BCUT2D eigenvalue weighted by atomic mass is 32.1. The molecule has 0 radical (unpaired) electrons. The molecule has 1 aliphatic heterocycles. The van der Waals surface area contributed by atoms with E-state index in [-0.39, 0.29) is 17.8 Å². The van der Waals surface area contributed by atoms with Crippen LogP contribution in [0.25, 0.3) is 10.6 Å². The van der Waals surface area contributed by atoms with Gasteiger partial charge in [-0.25, -0.2) is 9.37 Å². The number of nitrogens with zero attached hydrogens (tertiary/aromatic N) is 2. The molecule has 1 aromatic heterocycles. The van der Waals surface area contributed by atoms with Gasteiger partial charge in [0.25, 0.3) is 5.91 Å². The molecule has 122 valence electrons. The number of carbonyl (C=O) groups is 1. The Labute approximate surface area is 139 Å². The Bertz CT molecular complexity index is 701. The molecule has 2 heterocycles. The summed E-state index contributed by atoms with van der Waals surface area (Å²) in [4.78, 5) is 18.8. The Balaban J connectivity index is 1.78. The SMILES string of the molecule is C[C@H](N)[C@@H]1CCCN(C(=O)c2csc(-c3ccccc3F)n2)C1. The molecule has 0 unspecified atom stereocenters. The highest BCUT2D eigenvalue weighted by Crippen LogP contribution is 2.27. The van der Waals surface area contributed by atoms with E-state index in [1.807, 2.05) is 11.8 Å². The van der Waals surface area contributed by atoms with Gasteiger partial charge < -0.3 is 10.6 Å². The standard InChI is InChI=1S/C17H20FN3OS/c1-11(19)12-5-4-8-21(9-12)17(22)15-10-23-16(20-15)13-6-2-3-7-14(13)18/h2-3,6-7,10-12H,4-5,8-9,19H2,1H3/t11-,12+/m0/s1. The van der Waals surface area contributed by atoms with Gasteiger partial charge in [0.15, 0.2) is 0 Å².